The number of ether oxygens (including phenoxy) is 1. The highest BCUT2D eigenvalue weighted by atomic mass is 16.5. The van der Waals surface area contributed by atoms with Crippen LogP contribution in [0.1, 0.15) is 45.4 Å². The van der Waals surface area contributed by atoms with Gasteiger partial charge in [-0.05, 0) is 44.4 Å². The number of rotatable bonds is 3. The highest BCUT2D eigenvalue weighted by Crippen LogP contribution is 2.31. The summed E-state index contributed by atoms with van der Waals surface area (Å²) < 4.78 is 5.38. The lowest BCUT2D eigenvalue weighted by Crippen LogP contribution is -2.57. The zero-order valence-corrected chi connectivity index (χ0v) is 11.4. The molecule has 1 saturated heterocycles. The lowest BCUT2D eigenvalue weighted by molar-refractivity contribution is -0.131. The highest BCUT2D eigenvalue weighted by molar-refractivity contribution is 5.79. The first kappa shape index (κ1) is 13.8. The smallest absolute Gasteiger partial charge is 0.225 e. The van der Waals surface area contributed by atoms with E-state index >= 15 is 0 Å². The number of amides is 1. The standard InChI is InChI=1S/C14H26N2O2/c1-11-4-6-14(10-15,7-5-11)16-13(17)12-3-2-8-18-9-12/h11-12H,2-10,15H2,1H3,(H,16,17). The maximum atomic E-state index is 12.3. The molecule has 4 nitrogen and oxygen atoms in total. The molecule has 1 aliphatic heterocycles. The van der Waals surface area contributed by atoms with Gasteiger partial charge in [-0.1, -0.05) is 6.92 Å². The van der Waals surface area contributed by atoms with Crippen molar-refractivity contribution in [1.29, 1.82) is 0 Å². The van der Waals surface area contributed by atoms with E-state index in [-0.39, 0.29) is 17.4 Å². The Kier molecular flexibility index (Phi) is 4.62. The third kappa shape index (κ3) is 3.23. The van der Waals surface area contributed by atoms with Crippen molar-refractivity contribution in [3.05, 3.63) is 0 Å². The third-order valence-electron chi connectivity index (χ3n) is 4.54. The summed E-state index contributed by atoms with van der Waals surface area (Å²) in [5.41, 5.74) is 5.76. The number of hydrogen-bond acceptors (Lipinski definition) is 3. The molecule has 2 rings (SSSR count). The number of carbonyl (C=O) groups excluding carboxylic acids is 1. The van der Waals surface area contributed by atoms with E-state index in [2.05, 4.69) is 12.2 Å². The number of carbonyl (C=O) groups is 1. The van der Waals surface area contributed by atoms with Gasteiger partial charge in [-0.25, -0.2) is 0 Å². The van der Waals surface area contributed by atoms with Gasteiger partial charge in [-0.3, -0.25) is 4.79 Å². The van der Waals surface area contributed by atoms with E-state index in [9.17, 15) is 4.79 Å². The van der Waals surface area contributed by atoms with Gasteiger partial charge in [-0.15, -0.1) is 0 Å². The van der Waals surface area contributed by atoms with Crippen molar-refractivity contribution in [2.75, 3.05) is 19.8 Å². The fourth-order valence-electron chi connectivity index (χ4n) is 3.01. The van der Waals surface area contributed by atoms with Gasteiger partial charge in [0, 0.05) is 13.2 Å². The van der Waals surface area contributed by atoms with Crippen molar-refractivity contribution in [1.82, 2.24) is 5.32 Å². The molecule has 1 unspecified atom stereocenters. The first-order chi connectivity index (χ1) is 8.65. The second kappa shape index (κ2) is 6.02. The normalized spacial score (nSPS) is 37.2. The molecule has 0 aromatic carbocycles. The van der Waals surface area contributed by atoms with Crippen molar-refractivity contribution in [3.8, 4) is 0 Å². The summed E-state index contributed by atoms with van der Waals surface area (Å²) in [6, 6.07) is 0. The largest absolute Gasteiger partial charge is 0.381 e. The van der Waals surface area contributed by atoms with Crippen LogP contribution >= 0.6 is 0 Å². The van der Waals surface area contributed by atoms with E-state index in [0.29, 0.717) is 13.2 Å². The molecule has 4 heteroatoms. The number of nitrogens with one attached hydrogen (secondary N) is 1. The van der Waals surface area contributed by atoms with Crippen LogP contribution in [0.3, 0.4) is 0 Å². The Labute approximate surface area is 110 Å². The Morgan fingerprint density at radius 3 is 2.67 bits per heavy atom. The molecule has 104 valence electrons. The quantitative estimate of drug-likeness (QED) is 0.801. The van der Waals surface area contributed by atoms with Crippen LogP contribution in [0, 0.1) is 11.8 Å². The van der Waals surface area contributed by atoms with Crippen molar-refractivity contribution in [3.63, 3.8) is 0 Å². The number of nitrogens with two attached hydrogens (primary N) is 1. The van der Waals surface area contributed by atoms with Crippen molar-refractivity contribution < 1.29 is 9.53 Å². The molecule has 1 atom stereocenters. The minimum Gasteiger partial charge on any atom is -0.381 e. The molecule has 1 saturated carbocycles. The minimum absolute atomic E-state index is 0.0292. The monoisotopic (exact) mass is 254 g/mol. The molecule has 0 bridgehead atoms. The van der Waals surface area contributed by atoms with Crippen molar-refractivity contribution >= 4 is 5.91 Å². The first-order valence-corrected chi connectivity index (χ1v) is 7.25. The van der Waals surface area contributed by atoms with Crippen LogP contribution in [0.4, 0.5) is 0 Å². The molecule has 1 amide bonds. The summed E-state index contributed by atoms with van der Waals surface area (Å²) in [5, 5.41) is 3.23. The molecule has 3 N–H and O–H groups in total. The number of hydrogen-bond donors (Lipinski definition) is 2. The van der Waals surface area contributed by atoms with Crippen LogP contribution in [-0.2, 0) is 9.53 Å². The van der Waals surface area contributed by atoms with Gasteiger partial charge in [0.25, 0.3) is 0 Å². The van der Waals surface area contributed by atoms with Crippen LogP contribution < -0.4 is 11.1 Å². The molecule has 1 aliphatic carbocycles. The summed E-state index contributed by atoms with van der Waals surface area (Å²) in [4.78, 5) is 12.3. The molecule has 0 aromatic rings. The van der Waals surface area contributed by atoms with E-state index in [1.54, 1.807) is 0 Å². The Bertz CT molecular complexity index is 280. The zero-order chi connectivity index (χ0) is 13.0. The van der Waals surface area contributed by atoms with Crippen molar-refractivity contribution in [2.45, 2.75) is 51.0 Å². The summed E-state index contributed by atoms with van der Waals surface area (Å²) in [6.45, 7) is 4.20. The first-order valence-electron chi connectivity index (χ1n) is 7.25. The Hall–Kier alpha value is -0.610. The molecular formula is C14H26N2O2. The predicted molar refractivity (Wildman–Crippen MR) is 71.1 cm³/mol. The Balaban J connectivity index is 1.90. The average Bonchev–Trinajstić information content (AvgIpc) is 2.43. The fourth-order valence-corrected chi connectivity index (χ4v) is 3.01. The lowest BCUT2D eigenvalue weighted by Gasteiger charge is -2.40. The van der Waals surface area contributed by atoms with E-state index in [1.807, 2.05) is 0 Å². The van der Waals surface area contributed by atoms with E-state index in [4.69, 9.17) is 10.5 Å². The average molecular weight is 254 g/mol. The third-order valence-corrected chi connectivity index (χ3v) is 4.54. The maximum absolute atomic E-state index is 12.3. The molecule has 1 heterocycles. The SMILES string of the molecule is CC1CCC(CN)(NC(=O)C2CCCOC2)CC1. The molecule has 2 aliphatic rings. The lowest BCUT2D eigenvalue weighted by atomic mass is 9.77. The van der Waals surface area contributed by atoms with Gasteiger partial charge in [0.2, 0.25) is 5.91 Å². The fraction of sp³-hybridized carbons (Fsp3) is 0.929. The van der Waals surface area contributed by atoms with Crippen LogP contribution in [0.15, 0.2) is 0 Å². The van der Waals surface area contributed by atoms with E-state index in [0.717, 1.165) is 38.2 Å². The second-order valence-corrected chi connectivity index (χ2v) is 6.07. The second-order valence-electron chi connectivity index (χ2n) is 6.07. The molecular weight excluding hydrogens is 228 g/mol. The zero-order valence-electron chi connectivity index (χ0n) is 11.4. The van der Waals surface area contributed by atoms with Gasteiger partial charge >= 0.3 is 0 Å². The molecule has 0 spiro atoms. The maximum Gasteiger partial charge on any atom is 0.225 e. The van der Waals surface area contributed by atoms with Gasteiger partial charge in [0.15, 0.2) is 0 Å². The van der Waals surface area contributed by atoms with Crippen LogP contribution in [0.5, 0.6) is 0 Å². The van der Waals surface area contributed by atoms with Crippen LogP contribution in [0.25, 0.3) is 0 Å². The molecule has 0 aromatic heterocycles. The van der Waals surface area contributed by atoms with Crippen molar-refractivity contribution in [2.24, 2.45) is 17.6 Å². The van der Waals surface area contributed by atoms with Gasteiger partial charge < -0.3 is 15.8 Å². The summed E-state index contributed by atoms with van der Waals surface area (Å²) in [7, 11) is 0. The van der Waals surface area contributed by atoms with Gasteiger partial charge in [-0.2, -0.15) is 0 Å². The minimum atomic E-state index is -0.152. The molecule has 2 fully saturated rings. The Morgan fingerprint density at radius 1 is 1.39 bits per heavy atom. The summed E-state index contributed by atoms with van der Waals surface area (Å²) in [5.74, 6) is 0.941. The molecule has 0 radical (unpaired) electrons. The molecule has 18 heavy (non-hydrogen) atoms. The van der Waals surface area contributed by atoms with E-state index < -0.39 is 0 Å². The van der Waals surface area contributed by atoms with Crippen LogP contribution in [-0.4, -0.2) is 31.2 Å². The predicted octanol–water partition coefficient (Wildman–Crippen LogP) is 1.44. The van der Waals surface area contributed by atoms with E-state index in [1.165, 1.54) is 12.8 Å². The van der Waals surface area contributed by atoms with Gasteiger partial charge in [0.1, 0.15) is 0 Å². The summed E-state index contributed by atoms with van der Waals surface area (Å²) in [6.07, 6.45) is 6.30. The van der Waals surface area contributed by atoms with Gasteiger partial charge in [0.05, 0.1) is 18.1 Å². The summed E-state index contributed by atoms with van der Waals surface area (Å²) >= 11 is 0. The topological polar surface area (TPSA) is 64.3 Å². The Morgan fingerprint density at radius 2 is 2.11 bits per heavy atom. The van der Waals surface area contributed by atoms with Crippen LogP contribution in [0.2, 0.25) is 0 Å². The highest BCUT2D eigenvalue weighted by Gasteiger charge is 2.36.